The average Bonchev–Trinajstić information content (AvgIpc) is 3.08. The number of carbonyl (C=O) groups excluding carboxylic acids is 2. The molecule has 3 aliphatic rings. The van der Waals surface area contributed by atoms with E-state index in [-0.39, 0.29) is 17.7 Å². The predicted octanol–water partition coefficient (Wildman–Crippen LogP) is 1.03. The molecule has 2 bridgehead atoms. The van der Waals surface area contributed by atoms with E-state index in [1.165, 1.54) is 6.08 Å². The number of ether oxygens (including phenoxy) is 1. The van der Waals surface area contributed by atoms with Gasteiger partial charge in [-0.25, -0.2) is 4.57 Å². The first-order valence-electron chi connectivity index (χ1n) is 12.5. The summed E-state index contributed by atoms with van der Waals surface area (Å²) in [6.07, 6.45) is 6.49. The second kappa shape index (κ2) is 12.3. The first-order chi connectivity index (χ1) is 16.5. The third-order valence-corrected chi connectivity index (χ3v) is 8.00. The summed E-state index contributed by atoms with van der Waals surface area (Å²) in [4.78, 5) is 43.0. The summed E-state index contributed by atoms with van der Waals surface area (Å²) < 4.78 is 21.7. The Morgan fingerprint density at radius 2 is 1.80 bits per heavy atom. The van der Waals surface area contributed by atoms with Gasteiger partial charge in [0.15, 0.2) is 0 Å². The van der Waals surface area contributed by atoms with Crippen LogP contribution in [0.2, 0.25) is 0 Å². The van der Waals surface area contributed by atoms with Crippen molar-refractivity contribution in [2.75, 3.05) is 6.61 Å². The lowest BCUT2D eigenvalue weighted by Gasteiger charge is -2.43. The highest BCUT2D eigenvalue weighted by molar-refractivity contribution is 7.46. The number of rotatable bonds is 6. The number of aliphatic hydroxyl groups is 2. The highest BCUT2D eigenvalue weighted by Gasteiger charge is 2.55. The molecule has 0 saturated carbocycles. The maximum absolute atomic E-state index is 13.5. The quantitative estimate of drug-likeness (QED) is 0.220. The second-order valence-electron chi connectivity index (χ2n) is 10.2. The van der Waals surface area contributed by atoms with Crippen molar-refractivity contribution in [1.82, 2.24) is 5.32 Å². The second-order valence-corrected chi connectivity index (χ2v) is 11.4. The third kappa shape index (κ3) is 7.82. The number of hydrogen-bond donors (Lipinski definition) is 6. The van der Waals surface area contributed by atoms with E-state index in [1.54, 1.807) is 6.08 Å². The SMILES string of the molecule is NC(=O)/C=C\C1CCCC2CCCCCCCC(C3OC(COP(=O)(O)O)C(O)C3O)(C1)NC2=O. The van der Waals surface area contributed by atoms with Gasteiger partial charge in [-0.1, -0.05) is 44.6 Å². The number of allylic oxidation sites excluding steroid dienone is 1. The summed E-state index contributed by atoms with van der Waals surface area (Å²) in [6.45, 7) is -0.614. The largest absolute Gasteiger partial charge is 0.469 e. The number of phosphoric ester groups is 1. The lowest BCUT2D eigenvalue weighted by molar-refractivity contribution is -0.132. The van der Waals surface area contributed by atoms with E-state index < -0.39 is 50.3 Å². The van der Waals surface area contributed by atoms with Gasteiger partial charge in [-0.05, 0) is 44.1 Å². The molecule has 11 nitrogen and oxygen atoms in total. The summed E-state index contributed by atoms with van der Waals surface area (Å²) in [5, 5.41) is 24.9. The van der Waals surface area contributed by atoms with Crippen molar-refractivity contribution in [2.45, 2.75) is 101 Å². The zero-order valence-electron chi connectivity index (χ0n) is 20.0. The van der Waals surface area contributed by atoms with E-state index in [1.807, 2.05) is 0 Å². The van der Waals surface area contributed by atoms with Crippen molar-refractivity contribution >= 4 is 19.6 Å². The number of hydrogen-bond acceptors (Lipinski definition) is 7. The molecule has 7 N–H and O–H groups in total. The first kappa shape index (κ1) is 28.2. The minimum Gasteiger partial charge on any atom is -0.388 e. The molecule has 7 unspecified atom stereocenters. The van der Waals surface area contributed by atoms with Crippen LogP contribution in [0.5, 0.6) is 0 Å². The smallest absolute Gasteiger partial charge is 0.388 e. The molecule has 0 aromatic carbocycles. The minimum absolute atomic E-state index is 0.119. The van der Waals surface area contributed by atoms with Crippen molar-refractivity contribution in [3.63, 3.8) is 0 Å². The van der Waals surface area contributed by atoms with Crippen LogP contribution in [-0.4, -0.2) is 68.4 Å². The summed E-state index contributed by atoms with van der Waals surface area (Å²) in [6, 6.07) is 0. The molecule has 0 radical (unpaired) electrons. The number of primary amides is 1. The topological polar surface area (TPSA) is 189 Å². The maximum atomic E-state index is 13.5. The number of amides is 2. The molecule has 200 valence electrons. The fraction of sp³-hybridized carbons (Fsp3) is 0.826. The van der Waals surface area contributed by atoms with Crippen LogP contribution >= 0.6 is 7.82 Å². The van der Waals surface area contributed by atoms with Gasteiger partial charge in [-0.2, -0.15) is 0 Å². The average molecular weight is 519 g/mol. The molecule has 0 spiro atoms. The predicted molar refractivity (Wildman–Crippen MR) is 126 cm³/mol. The Hall–Kier alpha value is -1.33. The normalized spacial score (nSPS) is 37.8. The van der Waals surface area contributed by atoms with Gasteiger partial charge in [0.05, 0.1) is 12.1 Å². The van der Waals surface area contributed by atoms with E-state index in [2.05, 4.69) is 9.84 Å². The minimum atomic E-state index is -4.81. The molecular weight excluding hydrogens is 479 g/mol. The molecule has 3 heterocycles. The number of nitrogens with two attached hydrogens (primary N) is 1. The molecule has 12 heteroatoms. The van der Waals surface area contributed by atoms with Crippen molar-refractivity contribution in [2.24, 2.45) is 17.6 Å². The van der Waals surface area contributed by atoms with Crippen LogP contribution < -0.4 is 11.1 Å². The number of carbonyl (C=O) groups is 2. The zero-order chi connectivity index (χ0) is 25.6. The number of nitrogens with one attached hydrogen (secondary N) is 1. The molecule has 0 aliphatic carbocycles. The van der Waals surface area contributed by atoms with E-state index in [0.29, 0.717) is 25.7 Å². The highest BCUT2D eigenvalue weighted by Crippen LogP contribution is 2.42. The van der Waals surface area contributed by atoms with Crippen LogP contribution in [-0.2, 0) is 23.4 Å². The summed E-state index contributed by atoms with van der Waals surface area (Å²) in [5.74, 6) is -1.02. The van der Waals surface area contributed by atoms with Crippen molar-refractivity contribution in [3.8, 4) is 0 Å². The molecule has 0 aromatic rings. The molecule has 3 aliphatic heterocycles. The Balaban J connectivity index is 1.97. The lowest BCUT2D eigenvalue weighted by atomic mass is 9.75. The van der Waals surface area contributed by atoms with Crippen LogP contribution in [0.4, 0.5) is 0 Å². The summed E-state index contributed by atoms with van der Waals surface area (Å²) >= 11 is 0. The standard InChI is InChI=1S/C23H39N2O9P/c24-18(26)11-10-15-7-6-9-16-8-4-2-1-3-5-12-23(13-15,25-22(16)29)21-20(28)19(27)17(34-21)14-33-35(30,31)32/h10-11,15-17,19-21,27-28H,1-9,12-14H2,(H2,24,26)(H,25,29)(H2,30,31,32)/b11-10-. The van der Waals surface area contributed by atoms with E-state index in [9.17, 15) is 24.4 Å². The number of fused-ring (bicyclic) bond motifs is 3. The van der Waals surface area contributed by atoms with Crippen molar-refractivity contribution in [1.29, 1.82) is 0 Å². The van der Waals surface area contributed by atoms with Gasteiger partial charge in [0.2, 0.25) is 11.8 Å². The van der Waals surface area contributed by atoms with Crippen molar-refractivity contribution < 1.29 is 43.4 Å². The summed E-state index contributed by atoms with van der Waals surface area (Å²) in [5.41, 5.74) is 4.27. The number of aliphatic hydroxyl groups excluding tert-OH is 2. The Bertz CT molecular complexity index is 819. The summed E-state index contributed by atoms with van der Waals surface area (Å²) in [7, 11) is -4.81. The molecule has 3 fully saturated rings. The van der Waals surface area contributed by atoms with Gasteiger partial charge < -0.3 is 35.8 Å². The Kier molecular flexibility index (Phi) is 9.90. The van der Waals surface area contributed by atoms with Gasteiger partial charge in [-0.15, -0.1) is 0 Å². The Labute approximate surface area is 205 Å². The number of phosphoric acid groups is 1. The molecule has 7 atom stereocenters. The van der Waals surface area contributed by atoms with Gasteiger partial charge >= 0.3 is 7.82 Å². The molecular formula is C23H39N2O9P. The van der Waals surface area contributed by atoms with Crippen LogP contribution in [0.1, 0.15) is 70.6 Å². The third-order valence-electron chi connectivity index (χ3n) is 7.52. The molecule has 3 rings (SSSR count). The van der Waals surface area contributed by atoms with E-state index >= 15 is 0 Å². The Morgan fingerprint density at radius 3 is 2.51 bits per heavy atom. The molecule has 2 amide bonds. The molecule has 0 aromatic heterocycles. The van der Waals surface area contributed by atoms with Gasteiger partial charge in [0.25, 0.3) is 0 Å². The maximum Gasteiger partial charge on any atom is 0.469 e. The lowest BCUT2D eigenvalue weighted by Crippen LogP contribution is -2.61. The molecule has 3 saturated heterocycles. The van der Waals surface area contributed by atoms with Gasteiger partial charge in [0.1, 0.15) is 24.4 Å². The monoisotopic (exact) mass is 518 g/mol. The van der Waals surface area contributed by atoms with Crippen LogP contribution in [0.15, 0.2) is 12.2 Å². The van der Waals surface area contributed by atoms with Crippen LogP contribution in [0.3, 0.4) is 0 Å². The fourth-order valence-corrected chi connectivity index (χ4v) is 6.11. The van der Waals surface area contributed by atoms with Crippen molar-refractivity contribution in [3.05, 3.63) is 12.2 Å². The van der Waals surface area contributed by atoms with Gasteiger partial charge in [0, 0.05) is 5.92 Å². The van der Waals surface area contributed by atoms with Gasteiger partial charge in [-0.3, -0.25) is 14.1 Å². The van der Waals surface area contributed by atoms with E-state index in [4.69, 9.17) is 20.3 Å². The molecule has 35 heavy (non-hydrogen) atoms. The van der Waals surface area contributed by atoms with Crippen LogP contribution in [0.25, 0.3) is 0 Å². The first-order valence-corrected chi connectivity index (χ1v) is 14.0. The van der Waals surface area contributed by atoms with Crippen LogP contribution in [0, 0.1) is 11.8 Å². The Morgan fingerprint density at radius 1 is 1.11 bits per heavy atom. The highest BCUT2D eigenvalue weighted by atomic mass is 31.2. The van der Waals surface area contributed by atoms with E-state index in [0.717, 1.165) is 44.9 Å². The fourth-order valence-electron chi connectivity index (χ4n) is 5.77. The zero-order valence-corrected chi connectivity index (χ0v) is 20.9.